The van der Waals surface area contributed by atoms with Crippen LogP contribution in [0.3, 0.4) is 0 Å². The van der Waals surface area contributed by atoms with Gasteiger partial charge in [0.05, 0.1) is 15.1 Å². The minimum atomic E-state index is 0.173. The van der Waals surface area contributed by atoms with Gasteiger partial charge in [-0.3, -0.25) is 9.20 Å². The number of benzene rings is 1. The lowest BCUT2D eigenvalue weighted by atomic mass is 10.3. The number of carbonyl (C=O) groups excluding carboxylic acids is 1. The third-order valence-electron chi connectivity index (χ3n) is 2.56. The molecular weight excluding hydrogens is 343 g/mol. The molecule has 0 bridgehead atoms. The van der Waals surface area contributed by atoms with Crippen LogP contribution in [0.5, 0.6) is 11.6 Å². The number of ether oxygens (including phenoxy) is 1. The van der Waals surface area contributed by atoms with Crippen LogP contribution in [0.25, 0.3) is 4.96 Å². The number of fused-ring (bicyclic) bond motifs is 1. The van der Waals surface area contributed by atoms with Crippen LogP contribution in [-0.2, 0) is 0 Å². The molecule has 0 aliphatic carbocycles. The summed E-state index contributed by atoms with van der Waals surface area (Å²) in [6.07, 6.45) is 2.41. The lowest BCUT2D eigenvalue weighted by Gasteiger charge is -2.07. The van der Waals surface area contributed by atoms with Crippen LogP contribution in [0, 0.1) is 0 Å². The van der Waals surface area contributed by atoms with E-state index < -0.39 is 0 Å². The van der Waals surface area contributed by atoms with E-state index in [2.05, 4.69) is 4.98 Å². The van der Waals surface area contributed by atoms with Crippen molar-refractivity contribution in [1.82, 2.24) is 9.38 Å². The van der Waals surface area contributed by atoms with E-state index in [4.69, 9.17) is 39.5 Å². The van der Waals surface area contributed by atoms with Gasteiger partial charge >= 0.3 is 0 Å². The highest BCUT2D eigenvalue weighted by Crippen LogP contribution is 2.37. The first-order chi connectivity index (χ1) is 9.60. The molecule has 3 aromatic rings. The molecular formula is C12H5Cl3N2O2S. The summed E-state index contributed by atoms with van der Waals surface area (Å²) >= 11 is 19.2. The number of rotatable bonds is 3. The SMILES string of the molecule is O=Cc1c(Oc2cc(Cl)c(Cl)cc2Cl)nc2sccn12. The standard InChI is InChI=1S/C12H5Cl3N2O2S/c13-6-3-8(15)10(4-7(6)14)19-11-9(5-18)17-1-2-20-12(17)16-11/h1-5H. The number of carbonyl (C=O) groups is 1. The van der Waals surface area contributed by atoms with Crippen LogP contribution in [0.1, 0.15) is 10.5 Å². The van der Waals surface area contributed by atoms with Crippen LogP contribution in [0.15, 0.2) is 23.7 Å². The first-order valence-corrected chi connectivity index (χ1v) is 7.34. The largest absolute Gasteiger partial charge is 0.435 e. The fraction of sp³-hybridized carbons (Fsp3) is 0. The highest BCUT2D eigenvalue weighted by Gasteiger charge is 2.16. The molecule has 20 heavy (non-hydrogen) atoms. The van der Waals surface area contributed by atoms with Crippen molar-refractivity contribution < 1.29 is 9.53 Å². The van der Waals surface area contributed by atoms with Gasteiger partial charge in [-0.15, -0.1) is 11.3 Å². The lowest BCUT2D eigenvalue weighted by molar-refractivity contribution is 0.111. The van der Waals surface area contributed by atoms with Crippen LogP contribution >= 0.6 is 46.1 Å². The van der Waals surface area contributed by atoms with Crippen molar-refractivity contribution >= 4 is 57.4 Å². The second-order valence-electron chi connectivity index (χ2n) is 3.77. The van der Waals surface area contributed by atoms with E-state index in [1.165, 1.54) is 23.5 Å². The van der Waals surface area contributed by atoms with Crippen molar-refractivity contribution in [3.63, 3.8) is 0 Å². The molecule has 0 aliphatic rings. The van der Waals surface area contributed by atoms with Crippen molar-refractivity contribution in [3.05, 3.63) is 44.5 Å². The van der Waals surface area contributed by atoms with E-state index >= 15 is 0 Å². The summed E-state index contributed by atoms with van der Waals surface area (Å²) in [6, 6.07) is 2.95. The zero-order chi connectivity index (χ0) is 14.3. The number of thiazole rings is 1. The molecule has 102 valence electrons. The minimum absolute atomic E-state index is 0.173. The minimum Gasteiger partial charge on any atom is -0.435 e. The average Bonchev–Trinajstić information content (AvgIpc) is 2.96. The van der Waals surface area contributed by atoms with Gasteiger partial charge < -0.3 is 4.74 Å². The Hall–Kier alpha value is -1.27. The number of aromatic nitrogens is 2. The second kappa shape index (κ2) is 5.26. The number of halogens is 3. The normalized spacial score (nSPS) is 10.9. The maximum Gasteiger partial charge on any atom is 0.250 e. The van der Waals surface area contributed by atoms with Gasteiger partial charge in [0.15, 0.2) is 16.9 Å². The fourth-order valence-electron chi connectivity index (χ4n) is 1.65. The summed E-state index contributed by atoms with van der Waals surface area (Å²) in [5.74, 6) is 0.460. The number of nitrogens with zero attached hydrogens (tertiary/aromatic N) is 2. The van der Waals surface area contributed by atoms with Crippen LogP contribution in [0.2, 0.25) is 15.1 Å². The van der Waals surface area contributed by atoms with Gasteiger partial charge in [0.25, 0.3) is 0 Å². The molecule has 0 N–H and O–H groups in total. The van der Waals surface area contributed by atoms with Gasteiger partial charge in [0.1, 0.15) is 5.75 Å². The summed E-state index contributed by atoms with van der Waals surface area (Å²) in [4.78, 5) is 16.1. The fourth-order valence-corrected chi connectivity index (χ4v) is 2.94. The van der Waals surface area contributed by atoms with Crippen molar-refractivity contribution in [3.8, 4) is 11.6 Å². The van der Waals surface area contributed by atoms with Crippen LogP contribution < -0.4 is 4.74 Å². The molecule has 3 rings (SSSR count). The Morgan fingerprint density at radius 2 is 1.95 bits per heavy atom. The third kappa shape index (κ3) is 2.27. The maximum absolute atomic E-state index is 11.2. The van der Waals surface area contributed by atoms with E-state index in [0.29, 0.717) is 27.0 Å². The number of hydrogen-bond acceptors (Lipinski definition) is 4. The van der Waals surface area contributed by atoms with Gasteiger partial charge in [-0.1, -0.05) is 34.8 Å². The monoisotopic (exact) mass is 346 g/mol. The Labute approximate surface area is 132 Å². The van der Waals surface area contributed by atoms with E-state index in [0.717, 1.165) is 0 Å². The lowest BCUT2D eigenvalue weighted by Crippen LogP contribution is -1.92. The summed E-state index contributed by atoms with van der Waals surface area (Å²) in [6.45, 7) is 0. The zero-order valence-electron chi connectivity index (χ0n) is 9.64. The molecule has 0 radical (unpaired) electrons. The molecule has 2 heterocycles. The van der Waals surface area contributed by atoms with Gasteiger partial charge in [0, 0.05) is 17.6 Å². The highest BCUT2D eigenvalue weighted by molar-refractivity contribution is 7.15. The Morgan fingerprint density at radius 1 is 1.20 bits per heavy atom. The molecule has 8 heteroatoms. The molecule has 0 saturated heterocycles. The molecule has 0 atom stereocenters. The average molecular weight is 348 g/mol. The Kier molecular flexibility index (Phi) is 3.60. The van der Waals surface area contributed by atoms with Crippen LogP contribution in [-0.4, -0.2) is 15.7 Å². The predicted octanol–water partition coefficient (Wildman–Crippen LogP) is 4.96. The molecule has 0 aliphatic heterocycles. The highest BCUT2D eigenvalue weighted by atomic mass is 35.5. The Bertz CT molecular complexity index is 812. The summed E-state index contributed by atoms with van der Waals surface area (Å²) in [7, 11) is 0. The van der Waals surface area contributed by atoms with Crippen molar-refractivity contribution in [1.29, 1.82) is 0 Å². The smallest absolute Gasteiger partial charge is 0.250 e. The topological polar surface area (TPSA) is 43.6 Å². The van der Waals surface area contributed by atoms with E-state index in [1.54, 1.807) is 10.6 Å². The van der Waals surface area contributed by atoms with Crippen molar-refractivity contribution in [2.75, 3.05) is 0 Å². The van der Waals surface area contributed by atoms with Gasteiger partial charge in [0.2, 0.25) is 5.88 Å². The molecule has 0 saturated carbocycles. The quantitative estimate of drug-likeness (QED) is 0.497. The van der Waals surface area contributed by atoms with E-state index in [1.807, 2.05) is 5.38 Å². The van der Waals surface area contributed by atoms with Gasteiger partial charge in [-0.25, -0.2) is 0 Å². The summed E-state index contributed by atoms with van der Waals surface area (Å²) in [5.41, 5.74) is 0.309. The molecule has 0 amide bonds. The zero-order valence-corrected chi connectivity index (χ0v) is 12.7. The van der Waals surface area contributed by atoms with Crippen molar-refractivity contribution in [2.45, 2.75) is 0 Å². The third-order valence-corrected chi connectivity index (χ3v) is 4.33. The maximum atomic E-state index is 11.2. The van der Waals surface area contributed by atoms with Gasteiger partial charge in [-0.2, -0.15) is 4.98 Å². The molecule has 0 unspecified atom stereocenters. The molecule has 2 aromatic heterocycles. The van der Waals surface area contributed by atoms with E-state index in [-0.39, 0.29) is 16.7 Å². The molecule has 1 aromatic carbocycles. The van der Waals surface area contributed by atoms with Crippen LogP contribution in [0.4, 0.5) is 0 Å². The predicted molar refractivity (Wildman–Crippen MR) is 80.0 cm³/mol. The second-order valence-corrected chi connectivity index (χ2v) is 5.87. The molecule has 0 spiro atoms. The number of aldehydes is 1. The molecule has 4 nitrogen and oxygen atoms in total. The summed E-state index contributed by atoms with van der Waals surface area (Å²) in [5, 5.41) is 2.74. The van der Waals surface area contributed by atoms with Gasteiger partial charge in [-0.05, 0) is 6.07 Å². The summed E-state index contributed by atoms with van der Waals surface area (Å²) < 4.78 is 7.22. The van der Waals surface area contributed by atoms with E-state index in [9.17, 15) is 4.79 Å². The first kappa shape index (κ1) is 13.7. The Balaban J connectivity index is 2.07. The number of hydrogen-bond donors (Lipinski definition) is 0. The number of imidazole rings is 1. The van der Waals surface area contributed by atoms with Crippen molar-refractivity contribution in [2.24, 2.45) is 0 Å². The Morgan fingerprint density at radius 3 is 2.70 bits per heavy atom. The molecule has 0 fully saturated rings. The first-order valence-electron chi connectivity index (χ1n) is 5.33.